The Labute approximate surface area is 122 Å². The summed E-state index contributed by atoms with van der Waals surface area (Å²) in [5.74, 6) is -0.798. The maximum Gasteiger partial charge on any atom is 0.413 e. The number of methoxy groups -OCH3 is 4. The number of rotatable bonds is 7. The lowest BCUT2D eigenvalue weighted by Crippen LogP contribution is -2.61. The first kappa shape index (κ1) is 17.7. The van der Waals surface area contributed by atoms with Crippen LogP contribution in [0.1, 0.15) is 0 Å². The Morgan fingerprint density at radius 3 is 2.19 bits per heavy atom. The maximum atomic E-state index is 11.2. The monoisotopic (exact) mass is 304 g/mol. The minimum absolute atomic E-state index is 0.112. The molecule has 1 saturated heterocycles. The molecule has 1 aliphatic heterocycles. The van der Waals surface area contributed by atoms with E-state index in [0.29, 0.717) is 6.21 Å². The Morgan fingerprint density at radius 2 is 1.71 bits per heavy atom. The van der Waals surface area contributed by atoms with E-state index in [-0.39, 0.29) is 6.61 Å². The quantitative estimate of drug-likeness (QED) is 0.263. The van der Waals surface area contributed by atoms with E-state index in [9.17, 15) is 4.79 Å². The maximum absolute atomic E-state index is 11.2. The second-order valence-electron chi connectivity index (χ2n) is 4.25. The van der Waals surface area contributed by atoms with Crippen LogP contribution < -0.4 is 0 Å². The number of ether oxygens (including phenoxy) is 6. The van der Waals surface area contributed by atoms with Crippen molar-refractivity contribution in [3.05, 3.63) is 5.53 Å². The Kier molecular flexibility index (Phi) is 7.44. The van der Waals surface area contributed by atoms with Crippen molar-refractivity contribution < 1.29 is 38.0 Å². The topological polar surface area (TPSA) is 109 Å². The van der Waals surface area contributed by atoms with Crippen LogP contribution in [-0.4, -0.2) is 82.7 Å². The van der Waals surface area contributed by atoms with Gasteiger partial charge in [0.2, 0.25) is 0 Å². The van der Waals surface area contributed by atoms with E-state index in [0.717, 1.165) is 0 Å². The van der Waals surface area contributed by atoms with Crippen molar-refractivity contribution in [3.8, 4) is 0 Å². The molecule has 120 valence electrons. The van der Waals surface area contributed by atoms with E-state index in [1.54, 1.807) is 0 Å². The van der Waals surface area contributed by atoms with Crippen molar-refractivity contribution >= 4 is 12.2 Å². The number of carbonyl (C=O) groups excluding carboxylic acids is 1. The molecule has 0 aromatic carbocycles. The third-order valence-corrected chi connectivity index (χ3v) is 3.19. The molecule has 0 aromatic heterocycles. The molecule has 1 rings (SSSR count). The van der Waals surface area contributed by atoms with Crippen molar-refractivity contribution in [1.82, 2.24) is 0 Å². The van der Waals surface area contributed by atoms with Crippen molar-refractivity contribution in [3.63, 3.8) is 0 Å². The molecule has 0 radical (unpaired) electrons. The number of esters is 1. The second-order valence-corrected chi connectivity index (χ2v) is 4.25. The fourth-order valence-electron chi connectivity index (χ4n) is 2.25. The van der Waals surface area contributed by atoms with Crippen molar-refractivity contribution in [2.24, 2.45) is 0 Å². The first-order valence-electron chi connectivity index (χ1n) is 6.23. The van der Waals surface area contributed by atoms with Gasteiger partial charge in [0.25, 0.3) is 0 Å². The van der Waals surface area contributed by atoms with Crippen LogP contribution in [0.15, 0.2) is 0 Å². The van der Waals surface area contributed by atoms with E-state index in [4.69, 9.17) is 34.0 Å². The molecule has 1 aliphatic rings. The molecule has 5 atom stereocenters. The third kappa shape index (κ3) is 4.31. The summed E-state index contributed by atoms with van der Waals surface area (Å²) in [5, 5.41) is 0. The van der Waals surface area contributed by atoms with Gasteiger partial charge in [-0.05, 0) is 0 Å². The van der Waals surface area contributed by atoms with Gasteiger partial charge in [-0.15, -0.1) is 0 Å². The predicted octanol–water partition coefficient (Wildman–Crippen LogP) is -0.753. The lowest BCUT2D eigenvalue weighted by molar-refractivity contribution is -0.306. The smallest absolute Gasteiger partial charge is 0.413 e. The van der Waals surface area contributed by atoms with Crippen LogP contribution in [0.25, 0.3) is 5.53 Å². The minimum atomic E-state index is -0.798. The fraction of sp³-hybridized carbons (Fsp3) is 0.833. The van der Waals surface area contributed by atoms with Gasteiger partial charge in [0.15, 0.2) is 6.29 Å². The summed E-state index contributed by atoms with van der Waals surface area (Å²) in [6.07, 6.45) is -2.14. The summed E-state index contributed by atoms with van der Waals surface area (Å²) < 4.78 is 31.9. The lowest BCUT2D eigenvalue weighted by atomic mass is 9.98. The van der Waals surface area contributed by atoms with Crippen molar-refractivity contribution in [1.29, 1.82) is 0 Å². The van der Waals surface area contributed by atoms with Crippen LogP contribution in [0.2, 0.25) is 0 Å². The van der Waals surface area contributed by atoms with Crippen LogP contribution >= 0.6 is 0 Å². The van der Waals surface area contributed by atoms with Crippen molar-refractivity contribution in [2.45, 2.75) is 30.7 Å². The average Bonchev–Trinajstić information content (AvgIpc) is 2.51. The van der Waals surface area contributed by atoms with Gasteiger partial charge in [0, 0.05) is 28.4 Å². The first-order chi connectivity index (χ1) is 10.1. The van der Waals surface area contributed by atoms with E-state index < -0.39 is 36.7 Å². The van der Waals surface area contributed by atoms with Gasteiger partial charge in [0.05, 0.1) is 0 Å². The van der Waals surface area contributed by atoms with E-state index >= 15 is 0 Å². The summed E-state index contributed by atoms with van der Waals surface area (Å²) in [4.78, 5) is 13.8. The molecule has 9 heteroatoms. The summed E-state index contributed by atoms with van der Waals surface area (Å²) in [7, 11) is 5.99. The highest BCUT2D eigenvalue weighted by atomic mass is 16.7. The molecule has 0 amide bonds. The molecular formula is C12H20N2O7. The van der Waals surface area contributed by atoms with E-state index in [2.05, 4.69) is 4.79 Å². The average molecular weight is 304 g/mol. The second kappa shape index (κ2) is 8.83. The molecule has 0 aliphatic carbocycles. The Hall–Kier alpha value is -1.35. The molecule has 0 N–H and O–H groups in total. The SMILES string of the molecule is CO[C@@H]1O[C@H](COC(=O)C=[N+]=[N-])[C@@H](OC)[C@H](OC)[C@H]1OC. The largest absolute Gasteiger partial charge is 0.454 e. The zero-order valence-corrected chi connectivity index (χ0v) is 12.4. The van der Waals surface area contributed by atoms with Gasteiger partial charge in [-0.3, -0.25) is 0 Å². The van der Waals surface area contributed by atoms with Crippen LogP contribution in [0.5, 0.6) is 0 Å². The summed E-state index contributed by atoms with van der Waals surface area (Å²) in [5.41, 5.74) is 8.25. The van der Waals surface area contributed by atoms with E-state index in [1.165, 1.54) is 28.4 Å². The molecule has 1 fully saturated rings. The highest BCUT2D eigenvalue weighted by Crippen LogP contribution is 2.27. The normalized spacial score (nSPS) is 32.3. The Morgan fingerprint density at radius 1 is 1.10 bits per heavy atom. The molecule has 0 unspecified atom stereocenters. The fourth-order valence-corrected chi connectivity index (χ4v) is 2.25. The molecule has 0 aromatic rings. The van der Waals surface area contributed by atoms with Crippen LogP contribution in [-0.2, 0) is 33.2 Å². The summed E-state index contributed by atoms with van der Waals surface area (Å²) >= 11 is 0. The van der Waals surface area contributed by atoms with Gasteiger partial charge >= 0.3 is 12.2 Å². The van der Waals surface area contributed by atoms with Gasteiger partial charge in [-0.2, -0.15) is 4.79 Å². The highest BCUT2D eigenvalue weighted by Gasteiger charge is 2.47. The van der Waals surface area contributed by atoms with Crippen molar-refractivity contribution in [2.75, 3.05) is 35.0 Å². The van der Waals surface area contributed by atoms with Gasteiger partial charge in [0.1, 0.15) is 31.0 Å². The number of hydrogen-bond donors (Lipinski definition) is 0. The zero-order chi connectivity index (χ0) is 15.8. The molecule has 9 nitrogen and oxygen atoms in total. The van der Waals surface area contributed by atoms with Crippen LogP contribution in [0.3, 0.4) is 0 Å². The van der Waals surface area contributed by atoms with Gasteiger partial charge in [-0.1, -0.05) is 0 Å². The molecule has 0 spiro atoms. The predicted molar refractivity (Wildman–Crippen MR) is 68.7 cm³/mol. The number of carbonyl (C=O) groups is 1. The Balaban J connectivity index is 2.81. The zero-order valence-electron chi connectivity index (χ0n) is 12.4. The van der Waals surface area contributed by atoms with Gasteiger partial charge in [-0.25, -0.2) is 4.79 Å². The first-order valence-corrected chi connectivity index (χ1v) is 6.23. The standard InChI is InChI=1S/C12H20N2O7/c1-16-9-7(6-20-8(15)5-14-13)21-12(19-4)11(18-3)10(9)17-2/h5,7,9-12H,6H2,1-4H3/t7-,9-,10+,11-,12-/m1/s1. The molecular weight excluding hydrogens is 284 g/mol. The summed E-state index contributed by atoms with van der Waals surface area (Å²) in [6.45, 7) is -0.112. The lowest BCUT2D eigenvalue weighted by Gasteiger charge is -2.43. The molecule has 1 heterocycles. The highest BCUT2D eigenvalue weighted by molar-refractivity contribution is 6.20. The minimum Gasteiger partial charge on any atom is -0.454 e. The number of hydrogen-bond acceptors (Lipinski definition) is 7. The number of nitrogens with zero attached hydrogens (tertiary/aromatic N) is 2. The third-order valence-electron chi connectivity index (χ3n) is 3.19. The van der Waals surface area contributed by atoms with Gasteiger partial charge < -0.3 is 34.0 Å². The Bertz CT molecular complexity index is 386. The summed E-state index contributed by atoms with van der Waals surface area (Å²) in [6, 6.07) is 0. The molecule has 0 bridgehead atoms. The van der Waals surface area contributed by atoms with Crippen LogP contribution in [0.4, 0.5) is 0 Å². The van der Waals surface area contributed by atoms with E-state index in [1.807, 2.05) is 0 Å². The molecule has 21 heavy (non-hydrogen) atoms. The van der Waals surface area contributed by atoms with Crippen LogP contribution in [0, 0.1) is 0 Å². The molecule has 0 saturated carbocycles.